The highest BCUT2D eigenvalue weighted by Crippen LogP contribution is 2.27. The van der Waals surface area contributed by atoms with Crippen LogP contribution in [0.2, 0.25) is 0 Å². The van der Waals surface area contributed by atoms with Crippen LogP contribution in [-0.4, -0.2) is 33.9 Å². The van der Waals surface area contributed by atoms with Gasteiger partial charge in [0.05, 0.1) is 21.3 Å². The molecule has 1 aromatic carbocycles. The van der Waals surface area contributed by atoms with E-state index in [0.29, 0.717) is 17.2 Å². The van der Waals surface area contributed by atoms with E-state index in [0.717, 1.165) is 0 Å². The summed E-state index contributed by atoms with van der Waals surface area (Å²) in [5.41, 5.74) is 0. The van der Waals surface area contributed by atoms with Gasteiger partial charge in [0.1, 0.15) is 17.2 Å². The number of methoxy groups -OCH3 is 3. The lowest BCUT2D eigenvalue weighted by molar-refractivity contribution is -0.142. The topological polar surface area (TPSA) is 54.0 Å². The van der Waals surface area contributed by atoms with E-state index < -0.39 is 5.97 Å². The molecule has 0 saturated carbocycles. The molecule has 1 rings (SSSR count). The third-order valence-corrected chi connectivity index (χ3v) is 1.91. The van der Waals surface area contributed by atoms with Crippen molar-refractivity contribution in [2.45, 2.75) is 0 Å². The molecule has 0 fully saturated rings. The molecule has 16 heavy (non-hydrogen) atoms. The van der Waals surface area contributed by atoms with E-state index in [-0.39, 0.29) is 6.61 Å². The van der Waals surface area contributed by atoms with Gasteiger partial charge in [-0.2, -0.15) is 0 Å². The average Bonchev–Trinajstić information content (AvgIpc) is 2.35. The molecule has 0 N–H and O–H groups in total. The predicted octanol–water partition coefficient (Wildman–Crippen LogP) is 1.26. The SMILES string of the molecule is COC(=O)COc1cc(OC)cc(OC)c1. The predicted molar refractivity (Wildman–Crippen MR) is 57.1 cm³/mol. The lowest BCUT2D eigenvalue weighted by Crippen LogP contribution is -2.12. The zero-order valence-corrected chi connectivity index (χ0v) is 9.48. The van der Waals surface area contributed by atoms with Gasteiger partial charge in [-0.25, -0.2) is 4.79 Å². The van der Waals surface area contributed by atoms with Crippen LogP contribution in [0.5, 0.6) is 17.2 Å². The van der Waals surface area contributed by atoms with Crippen LogP contribution in [0.1, 0.15) is 0 Å². The highest BCUT2D eigenvalue weighted by Gasteiger charge is 2.05. The van der Waals surface area contributed by atoms with Crippen molar-refractivity contribution in [3.8, 4) is 17.2 Å². The van der Waals surface area contributed by atoms with Crippen molar-refractivity contribution in [2.75, 3.05) is 27.9 Å². The van der Waals surface area contributed by atoms with E-state index >= 15 is 0 Å². The highest BCUT2D eigenvalue weighted by molar-refractivity contribution is 5.70. The molecule has 0 atom stereocenters. The molecule has 0 heterocycles. The molecule has 5 nitrogen and oxygen atoms in total. The quantitative estimate of drug-likeness (QED) is 0.707. The number of ether oxygens (including phenoxy) is 4. The molecule has 0 aromatic heterocycles. The monoisotopic (exact) mass is 226 g/mol. The second-order valence-corrected chi connectivity index (χ2v) is 2.91. The number of esters is 1. The van der Waals surface area contributed by atoms with Gasteiger partial charge in [0.25, 0.3) is 0 Å². The molecule has 0 bridgehead atoms. The smallest absolute Gasteiger partial charge is 0.343 e. The molecule has 0 spiro atoms. The maximum atomic E-state index is 10.9. The van der Waals surface area contributed by atoms with Crippen LogP contribution < -0.4 is 14.2 Å². The number of hydrogen-bond donors (Lipinski definition) is 0. The lowest BCUT2D eigenvalue weighted by atomic mass is 10.3. The number of hydrogen-bond acceptors (Lipinski definition) is 5. The molecule has 0 aliphatic carbocycles. The molecule has 0 unspecified atom stereocenters. The van der Waals surface area contributed by atoms with Crippen LogP contribution in [0.3, 0.4) is 0 Å². The fourth-order valence-corrected chi connectivity index (χ4v) is 1.07. The maximum Gasteiger partial charge on any atom is 0.343 e. The zero-order chi connectivity index (χ0) is 12.0. The Morgan fingerprint density at radius 3 is 1.94 bits per heavy atom. The fraction of sp³-hybridized carbons (Fsp3) is 0.364. The van der Waals surface area contributed by atoms with E-state index in [9.17, 15) is 4.79 Å². The first-order valence-corrected chi connectivity index (χ1v) is 4.62. The number of carbonyl (C=O) groups is 1. The molecule has 1 aromatic rings. The van der Waals surface area contributed by atoms with Gasteiger partial charge >= 0.3 is 5.97 Å². The van der Waals surface area contributed by atoms with Crippen molar-refractivity contribution in [1.82, 2.24) is 0 Å². The fourth-order valence-electron chi connectivity index (χ4n) is 1.07. The van der Waals surface area contributed by atoms with E-state index in [2.05, 4.69) is 4.74 Å². The van der Waals surface area contributed by atoms with Crippen molar-refractivity contribution < 1.29 is 23.7 Å². The third kappa shape index (κ3) is 3.34. The van der Waals surface area contributed by atoms with Gasteiger partial charge in [-0.1, -0.05) is 0 Å². The van der Waals surface area contributed by atoms with Crippen molar-refractivity contribution in [3.63, 3.8) is 0 Å². The van der Waals surface area contributed by atoms with Gasteiger partial charge in [-0.15, -0.1) is 0 Å². The Hall–Kier alpha value is -1.91. The molecular weight excluding hydrogens is 212 g/mol. The third-order valence-electron chi connectivity index (χ3n) is 1.91. The Balaban J connectivity index is 2.74. The standard InChI is InChI=1S/C11H14O5/c1-13-8-4-9(14-2)6-10(5-8)16-7-11(12)15-3/h4-6H,7H2,1-3H3. The van der Waals surface area contributed by atoms with E-state index in [1.807, 2.05) is 0 Å². The first-order valence-electron chi connectivity index (χ1n) is 4.62. The van der Waals surface area contributed by atoms with Gasteiger partial charge < -0.3 is 18.9 Å². The Kier molecular flexibility index (Phi) is 4.44. The zero-order valence-electron chi connectivity index (χ0n) is 9.48. The summed E-state index contributed by atoms with van der Waals surface area (Å²) in [4.78, 5) is 10.9. The van der Waals surface area contributed by atoms with Crippen LogP contribution in [0.15, 0.2) is 18.2 Å². The van der Waals surface area contributed by atoms with Crippen molar-refractivity contribution >= 4 is 5.97 Å². The number of carbonyl (C=O) groups excluding carboxylic acids is 1. The molecule has 0 aliphatic rings. The van der Waals surface area contributed by atoms with Gasteiger partial charge in [0.15, 0.2) is 6.61 Å². The van der Waals surface area contributed by atoms with Crippen LogP contribution >= 0.6 is 0 Å². The molecule has 0 aliphatic heterocycles. The molecular formula is C11H14O5. The van der Waals surface area contributed by atoms with E-state index in [1.165, 1.54) is 7.11 Å². The van der Waals surface area contributed by atoms with Crippen LogP contribution in [0.4, 0.5) is 0 Å². The average molecular weight is 226 g/mol. The molecule has 5 heteroatoms. The second kappa shape index (κ2) is 5.85. The number of benzene rings is 1. The summed E-state index contributed by atoms with van der Waals surface area (Å²) in [7, 11) is 4.38. The van der Waals surface area contributed by atoms with Crippen LogP contribution in [-0.2, 0) is 9.53 Å². The summed E-state index contributed by atoms with van der Waals surface area (Å²) >= 11 is 0. The Labute approximate surface area is 93.9 Å². The largest absolute Gasteiger partial charge is 0.496 e. The van der Waals surface area contributed by atoms with Crippen molar-refractivity contribution in [1.29, 1.82) is 0 Å². The highest BCUT2D eigenvalue weighted by atomic mass is 16.6. The van der Waals surface area contributed by atoms with Gasteiger partial charge in [0, 0.05) is 18.2 Å². The Bertz CT molecular complexity index is 339. The molecule has 88 valence electrons. The van der Waals surface area contributed by atoms with Gasteiger partial charge in [-0.05, 0) is 0 Å². The maximum absolute atomic E-state index is 10.9. The number of rotatable bonds is 5. The summed E-state index contributed by atoms with van der Waals surface area (Å²) in [6.07, 6.45) is 0. The van der Waals surface area contributed by atoms with E-state index in [1.54, 1.807) is 32.4 Å². The minimum absolute atomic E-state index is 0.146. The van der Waals surface area contributed by atoms with E-state index in [4.69, 9.17) is 14.2 Å². The van der Waals surface area contributed by atoms with Crippen molar-refractivity contribution in [2.24, 2.45) is 0 Å². The second-order valence-electron chi connectivity index (χ2n) is 2.91. The van der Waals surface area contributed by atoms with Crippen molar-refractivity contribution in [3.05, 3.63) is 18.2 Å². The lowest BCUT2D eigenvalue weighted by Gasteiger charge is -2.09. The molecule has 0 amide bonds. The summed E-state index contributed by atoms with van der Waals surface area (Å²) in [5, 5.41) is 0. The van der Waals surface area contributed by atoms with Crippen LogP contribution in [0, 0.1) is 0 Å². The summed E-state index contributed by atoms with van der Waals surface area (Å²) in [6.45, 7) is -0.146. The van der Waals surface area contributed by atoms with Gasteiger partial charge in [0.2, 0.25) is 0 Å². The minimum Gasteiger partial charge on any atom is -0.496 e. The first-order chi connectivity index (χ1) is 7.69. The Morgan fingerprint density at radius 1 is 1.00 bits per heavy atom. The summed E-state index contributed by atoms with van der Waals surface area (Å²) in [5.74, 6) is 1.24. The molecule has 0 saturated heterocycles. The minimum atomic E-state index is -0.443. The van der Waals surface area contributed by atoms with Crippen LogP contribution in [0.25, 0.3) is 0 Å². The normalized spacial score (nSPS) is 9.44. The summed E-state index contributed by atoms with van der Waals surface area (Å²) < 4.78 is 19.8. The van der Waals surface area contributed by atoms with Gasteiger partial charge in [-0.3, -0.25) is 0 Å². The first kappa shape index (κ1) is 12.2. The molecule has 0 radical (unpaired) electrons. The Morgan fingerprint density at radius 2 is 1.50 bits per heavy atom. The summed E-state index contributed by atoms with van der Waals surface area (Å²) in [6, 6.07) is 5.03.